The number of nitrogens with zero attached hydrogens (tertiary/aromatic N) is 2. The van der Waals surface area contributed by atoms with Crippen LogP contribution in [-0.4, -0.2) is 0 Å². The Bertz CT molecular complexity index is 2630. The van der Waals surface area contributed by atoms with E-state index < -0.39 is 0 Å². The van der Waals surface area contributed by atoms with Gasteiger partial charge in [0.2, 0.25) is 0 Å². The van der Waals surface area contributed by atoms with E-state index in [2.05, 4.69) is 195 Å². The molecule has 0 unspecified atom stereocenters. The summed E-state index contributed by atoms with van der Waals surface area (Å²) in [6, 6.07) is 67.0. The van der Waals surface area contributed by atoms with E-state index in [-0.39, 0.29) is 5.41 Å². The maximum atomic E-state index is 6.18. The summed E-state index contributed by atoms with van der Waals surface area (Å²) < 4.78 is 0. The Labute approximate surface area is 390 Å². The third kappa shape index (κ3) is 9.41. The minimum atomic E-state index is -0.0584. The molecule has 2 nitrogen and oxygen atoms in total. The first-order chi connectivity index (χ1) is 31.1. The lowest BCUT2D eigenvalue weighted by Gasteiger charge is -2.39. The maximum absolute atomic E-state index is 6.18. The quantitative estimate of drug-likeness (QED) is 0.121. The summed E-state index contributed by atoms with van der Waals surface area (Å²) in [7, 11) is 0. The van der Waals surface area contributed by atoms with E-state index in [0.717, 1.165) is 58.5 Å². The zero-order valence-electron chi connectivity index (χ0n) is 37.4. The van der Waals surface area contributed by atoms with E-state index in [1.807, 2.05) is 24.3 Å². The van der Waals surface area contributed by atoms with E-state index in [4.69, 9.17) is 23.2 Å². The van der Waals surface area contributed by atoms with Gasteiger partial charge in [-0.15, -0.1) is 0 Å². The van der Waals surface area contributed by atoms with Crippen LogP contribution in [0, 0.1) is 27.7 Å². The molecule has 0 aliphatic heterocycles. The molecule has 9 rings (SSSR count). The first-order valence-electron chi connectivity index (χ1n) is 22.7. The van der Waals surface area contributed by atoms with Crippen molar-refractivity contribution in [1.82, 2.24) is 0 Å². The minimum Gasteiger partial charge on any atom is -0.310 e. The molecule has 1 aliphatic rings. The van der Waals surface area contributed by atoms with E-state index in [1.165, 1.54) is 86.3 Å². The molecule has 64 heavy (non-hydrogen) atoms. The molecule has 0 atom stereocenters. The molecule has 320 valence electrons. The van der Waals surface area contributed by atoms with Crippen molar-refractivity contribution in [2.45, 2.75) is 78.1 Å². The fourth-order valence-electron chi connectivity index (χ4n) is 9.93. The molecule has 8 aromatic carbocycles. The summed E-state index contributed by atoms with van der Waals surface area (Å²) in [6.07, 6.45) is 7.72. The Balaban J connectivity index is 1.03. The van der Waals surface area contributed by atoms with Gasteiger partial charge >= 0.3 is 0 Å². The summed E-state index contributed by atoms with van der Waals surface area (Å²) >= 11 is 12.4. The first kappa shape index (κ1) is 43.2. The Morgan fingerprint density at radius 3 is 1.02 bits per heavy atom. The van der Waals surface area contributed by atoms with Crippen LogP contribution < -0.4 is 9.80 Å². The Kier molecular flexibility index (Phi) is 12.8. The van der Waals surface area contributed by atoms with Crippen LogP contribution >= 0.6 is 23.2 Å². The highest BCUT2D eigenvalue weighted by Crippen LogP contribution is 2.47. The number of benzene rings is 8. The third-order valence-corrected chi connectivity index (χ3v) is 13.8. The lowest BCUT2D eigenvalue weighted by molar-refractivity contribution is 0.346. The van der Waals surface area contributed by atoms with E-state index >= 15 is 0 Å². The third-order valence-electron chi connectivity index (χ3n) is 13.3. The van der Waals surface area contributed by atoms with Crippen molar-refractivity contribution in [3.8, 4) is 0 Å². The molecule has 0 radical (unpaired) electrons. The van der Waals surface area contributed by atoms with Crippen LogP contribution in [0.3, 0.4) is 0 Å². The second kappa shape index (κ2) is 19.0. The minimum absolute atomic E-state index is 0.0584. The van der Waals surface area contributed by atoms with Gasteiger partial charge in [0.25, 0.3) is 0 Å². The van der Waals surface area contributed by atoms with Crippen molar-refractivity contribution < 1.29 is 0 Å². The molecule has 0 bridgehead atoms. The molecule has 0 N–H and O–H groups in total. The molecule has 8 aromatic rings. The van der Waals surface area contributed by atoms with Crippen molar-refractivity contribution in [3.05, 3.63) is 248 Å². The molecule has 4 heteroatoms. The van der Waals surface area contributed by atoms with Gasteiger partial charge in [-0.1, -0.05) is 151 Å². The fourth-order valence-corrected chi connectivity index (χ4v) is 10.2. The van der Waals surface area contributed by atoms with Gasteiger partial charge in [-0.05, 0) is 183 Å². The second-order valence-electron chi connectivity index (χ2n) is 17.9. The topological polar surface area (TPSA) is 6.48 Å². The Hall–Kier alpha value is -6.06. The Morgan fingerprint density at radius 2 is 0.688 bits per heavy atom. The number of hydrogen-bond acceptors (Lipinski definition) is 2. The van der Waals surface area contributed by atoms with Gasteiger partial charge in [0.15, 0.2) is 0 Å². The van der Waals surface area contributed by atoms with Gasteiger partial charge in [-0.25, -0.2) is 0 Å². The highest BCUT2D eigenvalue weighted by atomic mass is 35.5. The molecule has 0 saturated heterocycles. The lowest BCUT2D eigenvalue weighted by Crippen LogP contribution is -2.30. The molecular weight excluding hydrogens is 820 g/mol. The first-order valence-corrected chi connectivity index (χ1v) is 23.5. The SMILES string of the molecule is Cc1ccc(N(c2ccc(Cc3ccc(Cl)cc3)cc2)c2ccc(C3(c4ccc(N(c5ccc(Cc6ccc(Cl)cc6)cc5)c5ccc(C)cc5C)cc4)CCCCC3)cc2)c(C)c1. The summed E-state index contributed by atoms with van der Waals surface area (Å²) in [5.41, 5.74) is 19.8. The van der Waals surface area contributed by atoms with Crippen LogP contribution in [0.4, 0.5) is 34.1 Å². The van der Waals surface area contributed by atoms with Gasteiger partial charge in [0.1, 0.15) is 0 Å². The van der Waals surface area contributed by atoms with Crippen molar-refractivity contribution in [1.29, 1.82) is 0 Å². The zero-order valence-corrected chi connectivity index (χ0v) is 38.9. The van der Waals surface area contributed by atoms with Gasteiger partial charge in [-0.2, -0.15) is 0 Å². The summed E-state index contributed by atoms with van der Waals surface area (Å²) in [5.74, 6) is 0. The average molecular weight is 876 g/mol. The number of hydrogen-bond donors (Lipinski definition) is 0. The molecule has 0 spiro atoms. The monoisotopic (exact) mass is 874 g/mol. The fraction of sp³-hybridized carbons (Fsp3) is 0.200. The van der Waals surface area contributed by atoms with Crippen LogP contribution in [-0.2, 0) is 18.3 Å². The Morgan fingerprint density at radius 1 is 0.375 bits per heavy atom. The molecule has 0 aromatic heterocycles. The van der Waals surface area contributed by atoms with E-state index in [9.17, 15) is 0 Å². The summed E-state index contributed by atoms with van der Waals surface area (Å²) in [4.78, 5) is 4.83. The van der Waals surface area contributed by atoms with Crippen LogP contribution in [0.2, 0.25) is 10.0 Å². The van der Waals surface area contributed by atoms with E-state index in [0.29, 0.717) is 0 Å². The van der Waals surface area contributed by atoms with Gasteiger partial charge in [0.05, 0.1) is 0 Å². The van der Waals surface area contributed by atoms with Crippen LogP contribution in [0.1, 0.15) is 87.7 Å². The number of aryl methyl sites for hydroxylation is 4. The lowest BCUT2D eigenvalue weighted by atomic mass is 9.65. The maximum Gasteiger partial charge on any atom is 0.0490 e. The average Bonchev–Trinajstić information content (AvgIpc) is 3.31. The molecule has 1 saturated carbocycles. The van der Waals surface area contributed by atoms with Crippen LogP contribution in [0.25, 0.3) is 0 Å². The summed E-state index contributed by atoms with van der Waals surface area (Å²) in [5, 5.41) is 1.53. The largest absolute Gasteiger partial charge is 0.310 e. The zero-order chi connectivity index (χ0) is 44.2. The van der Waals surface area contributed by atoms with Gasteiger partial charge < -0.3 is 9.80 Å². The highest BCUT2D eigenvalue weighted by Gasteiger charge is 2.36. The van der Waals surface area contributed by atoms with Crippen molar-refractivity contribution in [2.24, 2.45) is 0 Å². The smallest absolute Gasteiger partial charge is 0.0490 e. The molecule has 1 aliphatic carbocycles. The number of anilines is 6. The van der Waals surface area contributed by atoms with Crippen LogP contribution in [0.5, 0.6) is 0 Å². The number of halogens is 2. The van der Waals surface area contributed by atoms with Crippen molar-refractivity contribution >= 4 is 57.3 Å². The molecular formula is C60H56Cl2N2. The molecule has 0 heterocycles. The summed E-state index contributed by atoms with van der Waals surface area (Å²) in [6.45, 7) is 8.78. The van der Waals surface area contributed by atoms with Crippen molar-refractivity contribution in [3.63, 3.8) is 0 Å². The highest BCUT2D eigenvalue weighted by molar-refractivity contribution is 6.30. The van der Waals surface area contributed by atoms with E-state index in [1.54, 1.807) is 0 Å². The predicted octanol–water partition coefficient (Wildman–Crippen LogP) is 17.6. The van der Waals surface area contributed by atoms with Gasteiger partial charge in [-0.3, -0.25) is 0 Å². The number of rotatable bonds is 12. The van der Waals surface area contributed by atoms with Crippen molar-refractivity contribution in [2.75, 3.05) is 9.80 Å². The standard InChI is InChI=1S/C60H56Cl2N2/c1-42-8-34-58(44(3)38-42)63(54-26-14-48(15-27-54)40-46-10-22-52(61)23-11-46)56-30-18-50(19-31-56)60(36-6-5-7-37-60)51-20-32-57(33-21-51)64(59-35-9-43(2)39-45(59)4)55-28-16-49(17-29-55)41-47-12-24-53(62)25-13-47/h8-35,38-39H,5-7,36-37,40-41H2,1-4H3. The van der Waals surface area contributed by atoms with Gasteiger partial charge in [0, 0.05) is 49.6 Å². The second-order valence-corrected chi connectivity index (χ2v) is 18.8. The molecule has 0 amide bonds. The molecule has 1 fully saturated rings. The van der Waals surface area contributed by atoms with Crippen LogP contribution in [0.15, 0.2) is 182 Å². The predicted molar refractivity (Wildman–Crippen MR) is 274 cm³/mol. The normalized spacial score (nSPS) is 13.4.